The van der Waals surface area contributed by atoms with Crippen molar-refractivity contribution in [2.75, 3.05) is 7.11 Å². The molecule has 0 fully saturated rings. The van der Waals surface area contributed by atoms with Crippen molar-refractivity contribution in [1.29, 1.82) is 0 Å². The summed E-state index contributed by atoms with van der Waals surface area (Å²) in [6.07, 6.45) is -4.62. The minimum absolute atomic E-state index is 0.0468. The number of esters is 2. The molecule has 0 saturated heterocycles. The number of benzene rings is 3. The molecule has 0 aliphatic heterocycles. The number of carbonyl (C=O) groups excluding carboxylic acids is 4. The van der Waals surface area contributed by atoms with E-state index in [2.05, 4.69) is 5.43 Å². The predicted octanol–water partition coefficient (Wildman–Crippen LogP) is 3.30. The highest BCUT2D eigenvalue weighted by atomic mass is 35.5. The fourth-order valence-corrected chi connectivity index (χ4v) is 3.54. The molecular formula is C26H20Cl2N2O9. The highest BCUT2D eigenvalue weighted by Gasteiger charge is 2.41. The summed E-state index contributed by atoms with van der Waals surface area (Å²) in [4.78, 5) is 63.1. The van der Waals surface area contributed by atoms with Gasteiger partial charge in [-0.05, 0) is 48.5 Å². The van der Waals surface area contributed by atoms with Gasteiger partial charge >= 0.3 is 17.9 Å². The van der Waals surface area contributed by atoms with Crippen molar-refractivity contribution >= 4 is 52.9 Å². The number of carboxylic acids is 1. The van der Waals surface area contributed by atoms with Crippen LogP contribution in [-0.4, -0.2) is 54.1 Å². The topological polar surface area (TPSA) is 157 Å². The maximum absolute atomic E-state index is 13.0. The summed E-state index contributed by atoms with van der Waals surface area (Å²) in [6.45, 7) is 0. The van der Waals surface area contributed by atoms with Crippen molar-refractivity contribution < 1.29 is 43.3 Å². The fourth-order valence-electron chi connectivity index (χ4n) is 3.11. The maximum Gasteiger partial charge on any atom is 0.349 e. The van der Waals surface area contributed by atoms with Crippen molar-refractivity contribution in [1.82, 2.24) is 10.9 Å². The Kier molecular flexibility index (Phi) is 9.85. The minimum atomic E-state index is -2.35. The molecule has 3 rings (SSSR count). The molecule has 0 aromatic heterocycles. The van der Waals surface area contributed by atoms with E-state index in [0.717, 1.165) is 0 Å². The van der Waals surface area contributed by atoms with Gasteiger partial charge in [-0.1, -0.05) is 47.5 Å². The zero-order valence-corrected chi connectivity index (χ0v) is 21.6. The molecule has 39 heavy (non-hydrogen) atoms. The van der Waals surface area contributed by atoms with Gasteiger partial charge in [0.15, 0.2) is 0 Å². The second-order valence-corrected chi connectivity index (χ2v) is 8.44. The first-order chi connectivity index (χ1) is 18.6. The van der Waals surface area contributed by atoms with Crippen LogP contribution < -0.4 is 15.6 Å². The minimum Gasteiger partial charge on any atom is -0.497 e. The van der Waals surface area contributed by atoms with Crippen molar-refractivity contribution in [2.24, 2.45) is 0 Å². The van der Waals surface area contributed by atoms with E-state index in [-0.39, 0.29) is 26.7 Å². The van der Waals surface area contributed by atoms with Crippen molar-refractivity contribution in [3.05, 3.63) is 99.5 Å². The molecule has 3 aromatic carbocycles. The number of halogens is 2. The number of hydrogen-bond donors (Lipinski definition) is 3. The highest BCUT2D eigenvalue weighted by molar-refractivity contribution is 6.34. The van der Waals surface area contributed by atoms with Gasteiger partial charge in [-0.3, -0.25) is 20.4 Å². The van der Waals surface area contributed by atoms with Gasteiger partial charge in [0.25, 0.3) is 11.8 Å². The molecule has 0 saturated carbocycles. The second kappa shape index (κ2) is 13.3. The Morgan fingerprint density at radius 1 is 0.718 bits per heavy atom. The lowest BCUT2D eigenvalue weighted by molar-refractivity contribution is -0.159. The second-order valence-electron chi connectivity index (χ2n) is 7.62. The number of amides is 2. The quantitative estimate of drug-likeness (QED) is 0.257. The lowest BCUT2D eigenvalue weighted by Crippen LogP contribution is -2.54. The van der Waals surface area contributed by atoms with E-state index >= 15 is 0 Å². The monoisotopic (exact) mass is 574 g/mol. The summed E-state index contributed by atoms with van der Waals surface area (Å²) < 4.78 is 15.2. The number of hydrogen-bond acceptors (Lipinski definition) is 8. The van der Waals surface area contributed by atoms with Crippen LogP contribution in [-0.2, 0) is 19.1 Å². The molecule has 13 heteroatoms. The molecule has 0 radical (unpaired) electrons. The van der Waals surface area contributed by atoms with Crippen molar-refractivity contribution in [3.8, 4) is 5.75 Å². The molecule has 0 aliphatic carbocycles. The number of carbonyl (C=O) groups is 5. The van der Waals surface area contributed by atoms with Crippen LogP contribution in [0, 0.1) is 0 Å². The Morgan fingerprint density at radius 2 is 1.21 bits per heavy atom. The zero-order chi connectivity index (χ0) is 28.5. The van der Waals surface area contributed by atoms with Crippen molar-refractivity contribution in [3.63, 3.8) is 0 Å². The smallest absolute Gasteiger partial charge is 0.349 e. The van der Waals surface area contributed by atoms with Crippen molar-refractivity contribution in [2.45, 2.75) is 12.2 Å². The standard InChI is InChI=1S/C26H20Cl2N2O9/c1-37-15-12-10-14(11-13-15)22(31)29-30-23(32)20(38-25(35)16-6-2-4-8-18(16)27)21(24(33)34)39-26(36)17-7-3-5-9-19(17)28/h2-13,20-21H,1H3,(H,29,31)(H,30,32)(H,33,34)/t20-,21-/m1/s1. The third-order valence-electron chi connectivity index (χ3n) is 5.08. The average molecular weight is 575 g/mol. The van der Waals surface area contributed by atoms with E-state index in [9.17, 15) is 29.1 Å². The summed E-state index contributed by atoms with van der Waals surface area (Å²) >= 11 is 12.0. The Balaban J connectivity index is 1.86. The van der Waals surface area contributed by atoms with Crippen LogP contribution in [0.25, 0.3) is 0 Å². The van der Waals surface area contributed by atoms with E-state index in [0.29, 0.717) is 5.75 Å². The maximum atomic E-state index is 13.0. The fraction of sp³-hybridized carbons (Fsp3) is 0.115. The molecule has 0 bridgehead atoms. The number of carboxylic acid groups (broad SMARTS) is 1. The largest absolute Gasteiger partial charge is 0.497 e. The van der Waals surface area contributed by atoms with Gasteiger partial charge in [-0.25, -0.2) is 14.4 Å². The third-order valence-corrected chi connectivity index (χ3v) is 5.74. The Morgan fingerprint density at radius 3 is 1.67 bits per heavy atom. The molecule has 0 heterocycles. The Bertz CT molecular complexity index is 1400. The van der Waals surface area contributed by atoms with E-state index in [1.807, 2.05) is 5.43 Å². The highest BCUT2D eigenvalue weighted by Crippen LogP contribution is 2.21. The van der Waals surface area contributed by atoms with Crippen LogP contribution in [0.1, 0.15) is 31.1 Å². The van der Waals surface area contributed by atoms with Gasteiger partial charge in [0.1, 0.15) is 5.75 Å². The van der Waals surface area contributed by atoms with Crippen LogP contribution in [0.15, 0.2) is 72.8 Å². The van der Waals surface area contributed by atoms with Gasteiger partial charge in [-0.2, -0.15) is 0 Å². The molecule has 0 unspecified atom stereocenters. The van der Waals surface area contributed by atoms with E-state index in [1.165, 1.54) is 79.9 Å². The molecule has 2 atom stereocenters. The van der Waals surface area contributed by atoms with E-state index < -0.39 is 41.9 Å². The van der Waals surface area contributed by atoms with Gasteiger partial charge < -0.3 is 19.3 Å². The molecule has 11 nitrogen and oxygen atoms in total. The van der Waals surface area contributed by atoms with Gasteiger partial charge in [-0.15, -0.1) is 0 Å². The normalized spacial score (nSPS) is 11.9. The van der Waals surface area contributed by atoms with E-state index in [4.69, 9.17) is 37.4 Å². The molecule has 3 N–H and O–H groups in total. The average Bonchev–Trinajstić information content (AvgIpc) is 2.93. The van der Waals surface area contributed by atoms with Gasteiger partial charge in [0.2, 0.25) is 12.2 Å². The number of ether oxygens (including phenoxy) is 3. The van der Waals surface area contributed by atoms with Crippen LogP contribution in [0.4, 0.5) is 0 Å². The number of aliphatic carboxylic acids is 1. The first-order valence-electron chi connectivity index (χ1n) is 11.0. The first kappa shape index (κ1) is 29.0. The summed E-state index contributed by atoms with van der Waals surface area (Å²) in [5.74, 6) is -5.86. The van der Waals surface area contributed by atoms with E-state index in [1.54, 1.807) is 0 Å². The van der Waals surface area contributed by atoms with Gasteiger partial charge in [0, 0.05) is 5.56 Å². The van der Waals surface area contributed by atoms with Crippen LogP contribution in [0.5, 0.6) is 5.75 Å². The zero-order valence-electron chi connectivity index (χ0n) is 20.1. The molecular weight excluding hydrogens is 555 g/mol. The lowest BCUT2D eigenvalue weighted by Gasteiger charge is -2.24. The predicted molar refractivity (Wildman–Crippen MR) is 138 cm³/mol. The molecule has 0 spiro atoms. The van der Waals surface area contributed by atoms with Crippen LogP contribution in [0.2, 0.25) is 10.0 Å². The summed E-state index contributed by atoms with van der Waals surface area (Å²) in [7, 11) is 1.44. The van der Waals surface area contributed by atoms with Crippen LogP contribution in [0.3, 0.4) is 0 Å². The third kappa shape index (κ3) is 7.46. The molecule has 2 amide bonds. The lowest BCUT2D eigenvalue weighted by atomic mass is 10.1. The molecule has 202 valence electrons. The summed E-state index contributed by atoms with van der Waals surface area (Å²) in [5.41, 5.74) is 3.78. The number of methoxy groups -OCH3 is 1. The molecule has 0 aliphatic rings. The summed E-state index contributed by atoms with van der Waals surface area (Å²) in [5, 5.41) is 9.70. The molecule has 3 aromatic rings. The number of hydrazine groups is 1. The van der Waals surface area contributed by atoms with Gasteiger partial charge in [0.05, 0.1) is 28.3 Å². The Labute approximate surface area is 231 Å². The first-order valence-corrected chi connectivity index (χ1v) is 11.8. The summed E-state index contributed by atoms with van der Waals surface area (Å²) in [6, 6.07) is 17.1. The number of rotatable bonds is 9. The SMILES string of the molecule is COc1ccc(C(=O)NNC(=O)[C@H](OC(=O)c2ccccc2Cl)[C@@H](OC(=O)c2ccccc2Cl)C(=O)O)cc1. The van der Waals surface area contributed by atoms with Crippen LogP contribution >= 0.6 is 23.2 Å². The Hall–Kier alpha value is -4.61. The number of nitrogens with one attached hydrogen (secondary N) is 2.